The van der Waals surface area contributed by atoms with Crippen LogP contribution >= 0.6 is 0 Å². The number of ether oxygens (including phenoxy) is 1. The van der Waals surface area contributed by atoms with E-state index in [1.165, 1.54) is 16.7 Å². The molecule has 1 atom stereocenters. The highest BCUT2D eigenvalue weighted by Gasteiger charge is 2.24. The number of amides is 1. The first-order chi connectivity index (χ1) is 14.3. The molecule has 4 heteroatoms. The Morgan fingerprint density at radius 3 is 2.07 bits per heavy atom. The van der Waals surface area contributed by atoms with Crippen LogP contribution < -0.4 is 5.32 Å². The first-order valence-electron chi connectivity index (χ1n) is 11.1. The molecular formula is C26H36N2O2. The van der Waals surface area contributed by atoms with E-state index in [4.69, 9.17) is 4.74 Å². The Hall–Kier alpha value is -2.17. The van der Waals surface area contributed by atoms with E-state index >= 15 is 0 Å². The molecule has 30 heavy (non-hydrogen) atoms. The highest BCUT2D eigenvalue weighted by atomic mass is 16.5. The Kier molecular flexibility index (Phi) is 7.32. The van der Waals surface area contributed by atoms with Crippen molar-refractivity contribution in [2.75, 3.05) is 32.8 Å². The maximum atomic E-state index is 12.8. The third-order valence-corrected chi connectivity index (χ3v) is 5.94. The van der Waals surface area contributed by atoms with Gasteiger partial charge < -0.3 is 10.1 Å². The number of rotatable bonds is 6. The van der Waals surface area contributed by atoms with E-state index in [9.17, 15) is 4.79 Å². The van der Waals surface area contributed by atoms with Crippen molar-refractivity contribution in [2.24, 2.45) is 0 Å². The number of carbonyl (C=O) groups excluding carboxylic acids is 1. The lowest BCUT2D eigenvalue weighted by Gasteiger charge is -2.35. The van der Waals surface area contributed by atoms with E-state index in [1.54, 1.807) is 0 Å². The van der Waals surface area contributed by atoms with Gasteiger partial charge in [-0.05, 0) is 40.2 Å². The predicted octanol–water partition coefficient (Wildman–Crippen LogP) is 4.91. The summed E-state index contributed by atoms with van der Waals surface area (Å²) in [6.45, 7) is 14.8. The lowest BCUT2D eigenvalue weighted by molar-refractivity contribution is 0.0162. The predicted molar refractivity (Wildman–Crippen MR) is 123 cm³/mol. The van der Waals surface area contributed by atoms with E-state index in [2.05, 4.69) is 81.2 Å². The highest BCUT2D eigenvalue weighted by molar-refractivity contribution is 5.94. The summed E-state index contributed by atoms with van der Waals surface area (Å²) in [5, 5.41) is 3.17. The first kappa shape index (κ1) is 22.5. The molecule has 0 radical (unpaired) electrons. The summed E-state index contributed by atoms with van der Waals surface area (Å²) in [4.78, 5) is 15.2. The van der Waals surface area contributed by atoms with Crippen LogP contribution in [-0.4, -0.2) is 43.7 Å². The van der Waals surface area contributed by atoms with Crippen molar-refractivity contribution in [3.63, 3.8) is 0 Å². The van der Waals surface area contributed by atoms with Crippen LogP contribution in [0.25, 0.3) is 0 Å². The summed E-state index contributed by atoms with van der Waals surface area (Å²) in [6, 6.07) is 16.9. The van der Waals surface area contributed by atoms with E-state index in [1.807, 2.05) is 12.1 Å². The second kappa shape index (κ2) is 9.76. The average molecular weight is 409 g/mol. The number of hydrogen-bond donors (Lipinski definition) is 1. The molecule has 0 aliphatic carbocycles. The summed E-state index contributed by atoms with van der Waals surface area (Å²) < 4.78 is 5.54. The number of nitrogens with zero attached hydrogens (tertiary/aromatic N) is 1. The summed E-state index contributed by atoms with van der Waals surface area (Å²) in [5.41, 5.74) is 4.60. The SMILES string of the molecule is CC(C)c1ccc(C(CNC(=O)c2ccc(C(C)(C)C)cc2)N2CCOCC2)cc1. The van der Waals surface area contributed by atoms with Crippen molar-refractivity contribution >= 4 is 5.91 Å². The Bertz CT molecular complexity index is 814. The summed E-state index contributed by atoms with van der Waals surface area (Å²) in [5.74, 6) is 0.490. The van der Waals surface area contributed by atoms with Gasteiger partial charge in [0.15, 0.2) is 0 Å². The van der Waals surface area contributed by atoms with Gasteiger partial charge in [0.2, 0.25) is 0 Å². The molecule has 1 N–H and O–H groups in total. The van der Waals surface area contributed by atoms with Gasteiger partial charge in [-0.3, -0.25) is 9.69 Å². The molecule has 162 valence electrons. The van der Waals surface area contributed by atoms with Crippen molar-refractivity contribution in [1.29, 1.82) is 0 Å². The van der Waals surface area contributed by atoms with E-state index < -0.39 is 0 Å². The maximum absolute atomic E-state index is 12.8. The van der Waals surface area contributed by atoms with Gasteiger partial charge in [-0.15, -0.1) is 0 Å². The minimum atomic E-state index is -0.0208. The van der Waals surface area contributed by atoms with E-state index in [0.29, 0.717) is 18.0 Å². The van der Waals surface area contributed by atoms with Crippen molar-refractivity contribution in [1.82, 2.24) is 10.2 Å². The Morgan fingerprint density at radius 1 is 0.967 bits per heavy atom. The van der Waals surface area contributed by atoms with Crippen molar-refractivity contribution < 1.29 is 9.53 Å². The van der Waals surface area contributed by atoms with E-state index in [-0.39, 0.29) is 17.4 Å². The fourth-order valence-corrected chi connectivity index (χ4v) is 3.86. The lowest BCUT2D eigenvalue weighted by Crippen LogP contribution is -2.43. The Morgan fingerprint density at radius 2 is 1.53 bits per heavy atom. The maximum Gasteiger partial charge on any atom is 0.251 e. The van der Waals surface area contributed by atoms with Crippen LogP contribution in [0.4, 0.5) is 0 Å². The monoisotopic (exact) mass is 408 g/mol. The van der Waals surface area contributed by atoms with Gasteiger partial charge >= 0.3 is 0 Å². The molecule has 1 heterocycles. The van der Waals surface area contributed by atoms with Crippen LogP contribution in [0.15, 0.2) is 48.5 Å². The van der Waals surface area contributed by atoms with Crippen molar-refractivity contribution in [2.45, 2.75) is 52.0 Å². The van der Waals surface area contributed by atoms with Gasteiger partial charge in [-0.1, -0.05) is 71.0 Å². The molecule has 2 aromatic rings. The molecule has 4 nitrogen and oxygen atoms in total. The minimum absolute atomic E-state index is 0.0208. The second-order valence-electron chi connectivity index (χ2n) is 9.52. The smallest absolute Gasteiger partial charge is 0.251 e. The summed E-state index contributed by atoms with van der Waals surface area (Å²) in [7, 11) is 0. The average Bonchev–Trinajstić information content (AvgIpc) is 2.74. The Labute approximate surface area is 181 Å². The zero-order valence-corrected chi connectivity index (χ0v) is 19.1. The molecule has 0 bridgehead atoms. The molecule has 1 amide bonds. The molecule has 2 aromatic carbocycles. The number of nitrogens with one attached hydrogen (secondary N) is 1. The van der Waals surface area contributed by atoms with Gasteiger partial charge in [-0.2, -0.15) is 0 Å². The Balaban J connectivity index is 1.72. The number of carbonyl (C=O) groups is 1. The van der Waals surface area contributed by atoms with Crippen LogP contribution in [0, 0.1) is 0 Å². The molecule has 0 saturated carbocycles. The van der Waals surface area contributed by atoms with Crippen LogP contribution in [0.1, 0.15) is 73.6 Å². The van der Waals surface area contributed by atoms with Crippen LogP contribution in [0.5, 0.6) is 0 Å². The quantitative estimate of drug-likeness (QED) is 0.738. The second-order valence-corrected chi connectivity index (χ2v) is 9.52. The van der Waals surface area contributed by atoms with Gasteiger partial charge in [0, 0.05) is 25.2 Å². The zero-order valence-electron chi connectivity index (χ0n) is 19.1. The third kappa shape index (κ3) is 5.71. The largest absolute Gasteiger partial charge is 0.379 e. The molecule has 0 spiro atoms. The molecule has 0 aromatic heterocycles. The summed E-state index contributed by atoms with van der Waals surface area (Å²) >= 11 is 0. The molecule has 1 unspecified atom stereocenters. The van der Waals surface area contributed by atoms with Crippen molar-refractivity contribution in [3.8, 4) is 0 Å². The normalized spacial score (nSPS) is 16.5. The third-order valence-electron chi connectivity index (χ3n) is 5.94. The number of hydrogen-bond acceptors (Lipinski definition) is 3. The van der Waals surface area contributed by atoms with Crippen molar-refractivity contribution in [3.05, 3.63) is 70.8 Å². The van der Waals surface area contributed by atoms with Crippen LogP contribution in [0.3, 0.4) is 0 Å². The topological polar surface area (TPSA) is 41.6 Å². The van der Waals surface area contributed by atoms with Crippen LogP contribution in [0.2, 0.25) is 0 Å². The number of benzene rings is 2. The first-order valence-corrected chi connectivity index (χ1v) is 11.1. The van der Waals surface area contributed by atoms with Gasteiger partial charge in [0.05, 0.1) is 19.3 Å². The van der Waals surface area contributed by atoms with E-state index in [0.717, 1.165) is 26.3 Å². The van der Waals surface area contributed by atoms with Crippen LogP contribution in [-0.2, 0) is 10.2 Å². The molecule has 1 saturated heterocycles. The molecular weight excluding hydrogens is 372 g/mol. The molecule has 1 aliphatic heterocycles. The zero-order chi connectivity index (χ0) is 21.7. The standard InChI is InChI=1S/C26H36N2O2/c1-19(2)20-6-8-21(9-7-20)24(28-14-16-30-17-15-28)18-27-25(29)22-10-12-23(13-11-22)26(3,4)5/h6-13,19,24H,14-18H2,1-5H3,(H,27,29). The molecule has 1 aliphatic rings. The fraction of sp³-hybridized carbons (Fsp3) is 0.500. The number of morpholine rings is 1. The highest BCUT2D eigenvalue weighted by Crippen LogP contribution is 2.25. The minimum Gasteiger partial charge on any atom is -0.379 e. The fourth-order valence-electron chi connectivity index (χ4n) is 3.86. The van der Waals surface area contributed by atoms with Gasteiger partial charge in [-0.25, -0.2) is 0 Å². The van der Waals surface area contributed by atoms with Gasteiger partial charge in [0.25, 0.3) is 5.91 Å². The molecule has 3 rings (SSSR count). The van der Waals surface area contributed by atoms with Gasteiger partial charge in [0.1, 0.15) is 0 Å². The summed E-state index contributed by atoms with van der Waals surface area (Å²) in [6.07, 6.45) is 0. The molecule has 1 fully saturated rings. The lowest BCUT2D eigenvalue weighted by atomic mass is 9.86.